The Morgan fingerprint density at radius 2 is 2.11 bits per heavy atom. The van der Waals surface area contributed by atoms with Crippen molar-refractivity contribution in [3.8, 4) is 5.75 Å². The summed E-state index contributed by atoms with van der Waals surface area (Å²) in [5.74, 6) is 0.719. The number of aliphatic hydroxyl groups excluding tert-OH is 1. The largest absolute Gasteiger partial charge is 0.493 e. The molecule has 0 aliphatic heterocycles. The van der Waals surface area contributed by atoms with Gasteiger partial charge in [0.05, 0.1) is 6.61 Å². The summed E-state index contributed by atoms with van der Waals surface area (Å²) < 4.78 is 6.51. The van der Waals surface area contributed by atoms with Crippen LogP contribution in [0.2, 0.25) is 0 Å². The summed E-state index contributed by atoms with van der Waals surface area (Å²) in [5, 5.41) is 10.5. The van der Waals surface area contributed by atoms with Crippen molar-refractivity contribution >= 4 is 15.9 Å². The topological polar surface area (TPSA) is 42.4 Å². The molecule has 2 aromatic rings. The van der Waals surface area contributed by atoms with E-state index >= 15 is 0 Å². The standard InChI is InChI=1S/C15H16BrNO2/c1-2-7-19-14-6-4-3-5-13(14)15(18)11-8-12(16)10-17-9-11/h3-6,8-10,15,18H,2,7H2,1H3. The molecule has 0 saturated carbocycles. The number of aliphatic hydroxyl groups is 1. The van der Waals surface area contributed by atoms with Crippen molar-refractivity contribution in [1.29, 1.82) is 0 Å². The lowest BCUT2D eigenvalue weighted by Gasteiger charge is -2.16. The minimum atomic E-state index is -0.738. The summed E-state index contributed by atoms with van der Waals surface area (Å²) >= 11 is 3.36. The summed E-state index contributed by atoms with van der Waals surface area (Å²) in [5.41, 5.74) is 1.50. The van der Waals surface area contributed by atoms with Crippen molar-refractivity contribution in [3.05, 3.63) is 58.3 Å². The molecule has 1 N–H and O–H groups in total. The van der Waals surface area contributed by atoms with Gasteiger partial charge in [0.25, 0.3) is 0 Å². The average molecular weight is 322 g/mol. The molecule has 1 unspecified atom stereocenters. The zero-order chi connectivity index (χ0) is 13.7. The minimum Gasteiger partial charge on any atom is -0.493 e. The van der Waals surface area contributed by atoms with E-state index in [1.54, 1.807) is 12.4 Å². The number of pyridine rings is 1. The van der Waals surface area contributed by atoms with Crippen LogP contribution in [0.15, 0.2) is 47.2 Å². The lowest BCUT2D eigenvalue weighted by molar-refractivity contribution is 0.210. The highest BCUT2D eigenvalue weighted by Gasteiger charge is 2.15. The van der Waals surface area contributed by atoms with Crippen LogP contribution in [-0.4, -0.2) is 16.7 Å². The van der Waals surface area contributed by atoms with E-state index in [-0.39, 0.29) is 0 Å². The zero-order valence-electron chi connectivity index (χ0n) is 10.7. The smallest absolute Gasteiger partial charge is 0.125 e. The van der Waals surface area contributed by atoms with Crippen LogP contribution in [0.1, 0.15) is 30.6 Å². The van der Waals surface area contributed by atoms with E-state index in [9.17, 15) is 5.11 Å². The lowest BCUT2D eigenvalue weighted by atomic mass is 10.0. The van der Waals surface area contributed by atoms with E-state index in [2.05, 4.69) is 27.8 Å². The molecule has 0 fully saturated rings. The maximum Gasteiger partial charge on any atom is 0.125 e. The van der Waals surface area contributed by atoms with E-state index in [4.69, 9.17) is 4.74 Å². The molecule has 0 radical (unpaired) electrons. The van der Waals surface area contributed by atoms with E-state index in [1.165, 1.54) is 0 Å². The molecule has 0 spiro atoms. The first-order chi connectivity index (χ1) is 9.22. The Morgan fingerprint density at radius 3 is 2.84 bits per heavy atom. The number of ether oxygens (including phenoxy) is 1. The number of hydrogen-bond donors (Lipinski definition) is 1. The predicted octanol–water partition coefficient (Wildman–Crippen LogP) is 3.71. The van der Waals surface area contributed by atoms with Gasteiger partial charge in [-0.2, -0.15) is 0 Å². The van der Waals surface area contributed by atoms with Gasteiger partial charge < -0.3 is 9.84 Å². The van der Waals surface area contributed by atoms with Crippen molar-refractivity contribution in [1.82, 2.24) is 4.98 Å². The summed E-state index contributed by atoms with van der Waals surface area (Å²) in [4.78, 5) is 4.07. The van der Waals surface area contributed by atoms with Gasteiger partial charge in [-0.05, 0) is 34.5 Å². The van der Waals surface area contributed by atoms with Crippen LogP contribution in [0.4, 0.5) is 0 Å². The summed E-state index contributed by atoms with van der Waals surface area (Å²) in [6.45, 7) is 2.69. The quantitative estimate of drug-likeness (QED) is 0.912. The van der Waals surface area contributed by atoms with Gasteiger partial charge in [-0.1, -0.05) is 25.1 Å². The van der Waals surface area contributed by atoms with E-state index in [1.807, 2.05) is 30.3 Å². The van der Waals surface area contributed by atoms with E-state index in [0.29, 0.717) is 6.61 Å². The van der Waals surface area contributed by atoms with Gasteiger partial charge >= 0.3 is 0 Å². The number of nitrogens with zero attached hydrogens (tertiary/aromatic N) is 1. The molecule has 0 aliphatic carbocycles. The van der Waals surface area contributed by atoms with Gasteiger partial charge in [-0.3, -0.25) is 4.98 Å². The van der Waals surface area contributed by atoms with Crippen molar-refractivity contribution in [3.63, 3.8) is 0 Å². The predicted molar refractivity (Wildman–Crippen MR) is 78.2 cm³/mol. The molecule has 1 aromatic heterocycles. The molecule has 3 nitrogen and oxygen atoms in total. The molecule has 1 heterocycles. The van der Waals surface area contributed by atoms with Crippen LogP contribution in [0.5, 0.6) is 5.75 Å². The number of benzene rings is 1. The molecule has 0 amide bonds. The molecule has 0 bridgehead atoms. The Kier molecular flexibility index (Phi) is 4.93. The first-order valence-electron chi connectivity index (χ1n) is 6.22. The van der Waals surface area contributed by atoms with Crippen LogP contribution in [0.25, 0.3) is 0 Å². The third-order valence-corrected chi connectivity index (χ3v) is 3.15. The van der Waals surface area contributed by atoms with Crippen LogP contribution in [0, 0.1) is 0 Å². The van der Waals surface area contributed by atoms with Gasteiger partial charge in [-0.25, -0.2) is 0 Å². The maximum atomic E-state index is 10.5. The Hall–Kier alpha value is -1.39. The molecule has 0 aliphatic rings. The summed E-state index contributed by atoms with van der Waals surface area (Å²) in [6, 6.07) is 9.40. The van der Waals surface area contributed by atoms with Gasteiger partial charge in [-0.15, -0.1) is 0 Å². The number of aromatic nitrogens is 1. The van der Waals surface area contributed by atoms with Crippen LogP contribution < -0.4 is 4.74 Å². The van der Waals surface area contributed by atoms with E-state index in [0.717, 1.165) is 27.8 Å². The zero-order valence-corrected chi connectivity index (χ0v) is 12.3. The fourth-order valence-electron chi connectivity index (χ4n) is 1.81. The molecule has 0 saturated heterocycles. The van der Waals surface area contributed by atoms with Gasteiger partial charge in [0.1, 0.15) is 11.9 Å². The maximum absolute atomic E-state index is 10.5. The van der Waals surface area contributed by atoms with Crippen LogP contribution >= 0.6 is 15.9 Å². The molecule has 4 heteroatoms. The second-order valence-corrected chi connectivity index (χ2v) is 5.14. The third kappa shape index (κ3) is 3.55. The fraction of sp³-hybridized carbons (Fsp3) is 0.267. The Morgan fingerprint density at radius 1 is 1.32 bits per heavy atom. The van der Waals surface area contributed by atoms with Crippen molar-refractivity contribution < 1.29 is 9.84 Å². The minimum absolute atomic E-state index is 0.639. The van der Waals surface area contributed by atoms with Crippen molar-refractivity contribution in [2.45, 2.75) is 19.4 Å². The highest BCUT2D eigenvalue weighted by molar-refractivity contribution is 9.10. The molecular formula is C15H16BrNO2. The van der Waals surface area contributed by atoms with Crippen LogP contribution in [0.3, 0.4) is 0 Å². The van der Waals surface area contributed by atoms with Gasteiger partial charge in [0, 0.05) is 28.0 Å². The third-order valence-electron chi connectivity index (χ3n) is 2.72. The SMILES string of the molecule is CCCOc1ccccc1C(O)c1cncc(Br)c1. The second kappa shape index (κ2) is 6.68. The molecule has 100 valence electrons. The number of para-hydroxylation sites is 1. The fourth-order valence-corrected chi connectivity index (χ4v) is 2.19. The lowest BCUT2D eigenvalue weighted by Crippen LogP contribution is -2.05. The monoisotopic (exact) mass is 321 g/mol. The second-order valence-electron chi connectivity index (χ2n) is 4.23. The highest BCUT2D eigenvalue weighted by Crippen LogP contribution is 2.30. The van der Waals surface area contributed by atoms with Crippen LogP contribution in [-0.2, 0) is 0 Å². The van der Waals surface area contributed by atoms with E-state index < -0.39 is 6.10 Å². The molecule has 1 atom stereocenters. The first-order valence-corrected chi connectivity index (χ1v) is 7.02. The first kappa shape index (κ1) is 14.0. The van der Waals surface area contributed by atoms with Crippen molar-refractivity contribution in [2.24, 2.45) is 0 Å². The Labute approximate surface area is 121 Å². The molecule has 1 aromatic carbocycles. The average Bonchev–Trinajstić information content (AvgIpc) is 2.44. The van der Waals surface area contributed by atoms with Crippen molar-refractivity contribution in [2.75, 3.05) is 6.61 Å². The Balaban J connectivity index is 2.30. The Bertz CT molecular complexity index is 545. The summed E-state index contributed by atoms with van der Waals surface area (Å²) in [6.07, 6.45) is 3.54. The number of rotatable bonds is 5. The molecule has 19 heavy (non-hydrogen) atoms. The summed E-state index contributed by atoms with van der Waals surface area (Å²) in [7, 11) is 0. The number of halogens is 1. The van der Waals surface area contributed by atoms with Gasteiger partial charge in [0.2, 0.25) is 0 Å². The normalized spacial score (nSPS) is 12.2. The molecular weight excluding hydrogens is 306 g/mol. The molecule has 2 rings (SSSR count). The number of hydrogen-bond acceptors (Lipinski definition) is 3. The van der Waals surface area contributed by atoms with Gasteiger partial charge in [0.15, 0.2) is 0 Å². The highest BCUT2D eigenvalue weighted by atomic mass is 79.9.